The van der Waals surface area contributed by atoms with Crippen LogP contribution in [0.5, 0.6) is 11.5 Å². The largest absolute Gasteiger partial charge is 0.454 e. The zero-order valence-electron chi connectivity index (χ0n) is 10.4. The smallest absolute Gasteiger partial charge is 0.231 e. The van der Waals surface area contributed by atoms with Crippen molar-refractivity contribution < 1.29 is 9.47 Å². The van der Waals surface area contributed by atoms with Gasteiger partial charge in [0.1, 0.15) is 0 Å². The molecule has 5 nitrogen and oxygen atoms in total. The Morgan fingerprint density at radius 2 is 2.11 bits per heavy atom. The van der Waals surface area contributed by atoms with Crippen LogP contribution in [0.2, 0.25) is 0 Å². The lowest BCUT2D eigenvalue weighted by Crippen LogP contribution is -2.21. The van der Waals surface area contributed by atoms with E-state index >= 15 is 0 Å². The Labute approximate surface area is 111 Å². The molecule has 19 heavy (non-hydrogen) atoms. The molecule has 1 unspecified atom stereocenters. The summed E-state index contributed by atoms with van der Waals surface area (Å²) in [6.07, 6.45) is 1.76. The molecule has 0 aliphatic carbocycles. The normalized spacial score (nSPS) is 14.2. The highest BCUT2D eigenvalue weighted by Gasteiger charge is 2.15. The Hall–Kier alpha value is -2.27. The van der Waals surface area contributed by atoms with E-state index in [0.717, 1.165) is 22.9 Å². The second-order valence-corrected chi connectivity index (χ2v) is 4.26. The molecule has 1 aromatic heterocycles. The van der Waals surface area contributed by atoms with E-state index in [9.17, 15) is 0 Å². The van der Waals surface area contributed by atoms with Gasteiger partial charge in [-0.15, -0.1) is 0 Å². The van der Waals surface area contributed by atoms with Crippen molar-refractivity contribution in [3.8, 4) is 11.5 Å². The van der Waals surface area contributed by atoms with Crippen LogP contribution in [0.4, 0.5) is 5.69 Å². The van der Waals surface area contributed by atoms with Gasteiger partial charge in [0, 0.05) is 24.5 Å². The lowest BCUT2D eigenvalue weighted by molar-refractivity contribution is 0.174. The van der Waals surface area contributed by atoms with Crippen molar-refractivity contribution in [2.75, 3.05) is 18.7 Å². The second-order valence-electron chi connectivity index (χ2n) is 4.26. The molecule has 1 aliphatic heterocycles. The SMILES string of the molecule is NCC(Nc1ccc2c(c1)OCO2)c1ccccn1. The third kappa shape index (κ3) is 2.46. The number of hydrogen-bond acceptors (Lipinski definition) is 5. The maximum atomic E-state index is 5.81. The van der Waals surface area contributed by atoms with Crippen molar-refractivity contribution in [2.24, 2.45) is 5.73 Å². The first-order chi connectivity index (χ1) is 9.36. The van der Waals surface area contributed by atoms with Gasteiger partial charge in [0.15, 0.2) is 11.5 Å². The summed E-state index contributed by atoms with van der Waals surface area (Å²) < 4.78 is 10.6. The zero-order valence-corrected chi connectivity index (χ0v) is 10.4. The van der Waals surface area contributed by atoms with Gasteiger partial charge in [-0.1, -0.05) is 6.07 Å². The fraction of sp³-hybridized carbons (Fsp3) is 0.214. The molecule has 3 N–H and O–H groups in total. The molecule has 0 saturated carbocycles. The number of nitrogens with one attached hydrogen (secondary N) is 1. The number of fused-ring (bicyclic) bond motifs is 1. The Kier molecular flexibility index (Phi) is 3.20. The van der Waals surface area contributed by atoms with E-state index in [1.165, 1.54) is 0 Å². The fourth-order valence-corrected chi connectivity index (χ4v) is 2.02. The van der Waals surface area contributed by atoms with Crippen molar-refractivity contribution >= 4 is 5.69 Å². The molecule has 98 valence electrons. The predicted molar refractivity (Wildman–Crippen MR) is 72.2 cm³/mol. The van der Waals surface area contributed by atoms with E-state index in [4.69, 9.17) is 15.2 Å². The number of anilines is 1. The van der Waals surface area contributed by atoms with Crippen LogP contribution in [0.15, 0.2) is 42.6 Å². The zero-order chi connectivity index (χ0) is 13.1. The topological polar surface area (TPSA) is 69.4 Å². The van der Waals surface area contributed by atoms with Gasteiger partial charge in [0.05, 0.1) is 11.7 Å². The Bertz CT molecular complexity index is 560. The molecule has 1 aliphatic rings. The molecule has 0 spiro atoms. The fourth-order valence-electron chi connectivity index (χ4n) is 2.02. The van der Waals surface area contributed by atoms with Crippen LogP contribution in [0.25, 0.3) is 0 Å². The lowest BCUT2D eigenvalue weighted by Gasteiger charge is -2.17. The molecule has 2 heterocycles. The molecule has 1 atom stereocenters. The minimum atomic E-state index is -0.0263. The maximum absolute atomic E-state index is 5.81. The van der Waals surface area contributed by atoms with Gasteiger partial charge in [0.25, 0.3) is 0 Å². The number of ether oxygens (including phenoxy) is 2. The van der Waals surface area contributed by atoms with Gasteiger partial charge >= 0.3 is 0 Å². The number of aromatic nitrogens is 1. The third-order valence-corrected chi connectivity index (χ3v) is 2.99. The first-order valence-electron chi connectivity index (χ1n) is 6.14. The first kappa shape index (κ1) is 11.8. The molecular weight excluding hydrogens is 242 g/mol. The van der Waals surface area contributed by atoms with Gasteiger partial charge in [-0.05, 0) is 24.3 Å². The van der Waals surface area contributed by atoms with Gasteiger partial charge in [-0.3, -0.25) is 4.98 Å². The second kappa shape index (κ2) is 5.16. The van der Waals surface area contributed by atoms with Crippen molar-refractivity contribution in [1.82, 2.24) is 4.98 Å². The average molecular weight is 257 g/mol. The predicted octanol–water partition coefficient (Wildman–Crippen LogP) is 1.92. The Morgan fingerprint density at radius 3 is 2.89 bits per heavy atom. The summed E-state index contributed by atoms with van der Waals surface area (Å²) in [6.45, 7) is 0.741. The quantitative estimate of drug-likeness (QED) is 0.875. The lowest BCUT2D eigenvalue weighted by atomic mass is 10.1. The van der Waals surface area contributed by atoms with Crippen LogP contribution in [-0.2, 0) is 0 Å². The van der Waals surface area contributed by atoms with Gasteiger partial charge < -0.3 is 20.5 Å². The monoisotopic (exact) mass is 257 g/mol. The molecule has 0 saturated heterocycles. The minimum absolute atomic E-state index is 0.0263. The summed E-state index contributed by atoms with van der Waals surface area (Å²) >= 11 is 0. The Balaban J connectivity index is 1.80. The van der Waals surface area contributed by atoms with E-state index in [-0.39, 0.29) is 12.8 Å². The third-order valence-electron chi connectivity index (χ3n) is 2.99. The van der Waals surface area contributed by atoms with Crippen LogP contribution < -0.4 is 20.5 Å². The number of hydrogen-bond donors (Lipinski definition) is 2. The molecule has 0 amide bonds. The van der Waals surface area contributed by atoms with Crippen LogP contribution in [0.3, 0.4) is 0 Å². The molecule has 0 bridgehead atoms. The van der Waals surface area contributed by atoms with Gasteiger partial charge in [0.2, 0.25) is 6.79 Å². The number of rotatable bonds is 4. The van der Waals surface area contributed by atoms with E-state index in [1.54, 1.807) is 6.20 Å². The Morgan fingerprint density at radius 1 is 1.21 bits per heavy atom. The van der Waals surface area contributed by atoms with Gasteiger partial charge in [-0.25, -0.2) is 0 Å². The standard InChI is InChI=1S/C14H15N3O2/c15-8-12(11-3-1-2-6-16-11)17-10-4-5-13-14(7-10)19-9-18-13/h1-7,12,17H,8-9,15H2. The van der Waals surface area contributed by atoms with Crippen LogP contribution in [0, 0.1) is 0 Å². The van der Waals surface area contributed by atoms with Crippen molar-refractivity contribution in [3.63, 3.8) is 0 Å². The molecule has 0 radical (unpaired) electrons. The maximum Gasteiger partial charge on any atom is 0.231 e. The highest BCUT2D eigenvalue weighted by atomic mass is 16.7. The highest BCUT2D eigenvalue weighted by Crippen LogP contribution is 2.35. The van der Waals surface area contributed by atoms with E-state index in [0.29, 0.717) is 6.54 Å². The molecule has 3 rings (SSSR count). The first-order valence-corrected chi connectivity index (χ1v) is 6.14. The summed E-state index contributed by atoms with van der Waals surface area (Å²) in [6, 6.07) is 11.5. The van der Waals surface area contributed by atoms with E-state index in [2.05, 4.69) is 10.3 Å². The summed E-state index contributed by atoms with van der Waals surface area (Å²) in [7, 11) is 0. The molecular formula is C14H15N3O2. The van der Waals surface area contributed by atoms with Crippen LogP contribution in [-0.4, -0.2) is 18.3 Å². The van der Waals surface area contributed by atoms with Crippen LogP contribution in [0.1, 0.15) is 11.7 Å². The molecule has 2 aromatic rings. The number of nitrogens with zero attached hydrogens (tertiary/aromatic N) is 1. The summed E-state index contributed by atoms with van der Waals surface area (Å²) in [5, 5.41) is 3.35. The molecule has 5 heteroatoms. The highest BCUT2D eigenvalue weighted by molar-refractivity contribution is 5.56. The minimum Gasteiger partial charge on any atom is -0.454 e. The summed E-state index contributed by atoms with van der Waals surface area (Å²) in [5.74, 6) is 1.52. The van der Waals surface area contributed by atoms with E-state index in [1.807, 2.05) is 36.4 Å². The number of benzene rings is 1. The molecule has 1 aromatic carbocycles. The number of pyridine rings is 1. The van der Waals surface area contributed by atoms with Gasteiger partial charge in [-0.2, -0.15) is 0 Å². The van der Waals surface area contributed by atoms with E-state index < -0.39 is 0 Å². The van der Waals surface area contributed by atoms with Crippen LogP contribution >= 0.6 is 0 Å². The number of nitrogens with two attached hydrogens (primary N) is 1. The summed E-state index contributed by atoms with van der Waals surface area (Å²) in [5.41, 5.74) is 7.66. The average Bonchev–Trinajstić information content (AvgIpc) is 2.93. The summed E-state index contributed by atoms with van der Waals surface area (Å²) in [4.78, 5) is 4.32. The van der Waals surface area contributed by atoms with Crippen molar-refractivity contribution in [2.45, 2.75) is 6.04 Å². The van der Waals surface area contributed by atoms with Crippen molar-refractivity contribution in [1.29, 1.82) is 0 Å². The van der Waals surface area contributed by atoms with Crippen molar-refractivity contribution in [3.05, 3.63) is 48.3 Å². The molecule has 0 fully saturated rings.